The summed E-state index contributed by atoms with van der Waals surface area (Å²) >= 11 is 0. The fourth-order valence-corrected chi connectivity index (χ4v) is 5.59. The van der Waals surface area contributed by atoms with E-state index in [1.54, 1.807) is 24.3 Å². The van der Waals surface area contributed by atoms with Gasteiger partial charge in [-0.2, -0.15) is 18.2 Å². The lowest BCUT2D eigenvalue weighted by molar-refractivity contribution is -0.137. The Hall–Kier alpha value is -4.30. The van der Waals surface area contributed by atoms with Gasteiger partial charge < -0.3 is 23.9 Å². The molecule has 4 heterocycles. The van der Waals surface area contributed by atoms with E-state index in [-0.39, 0.29) is 42.0 Å². The Bertz CT molecular complexity index is 1690. The number of halogens is 4. The van der Waals surface area contributed by atoms with Crippen molar-refractivity contribution in [1.29, 1.82) is 0 Å². The molecule has 10 nitrogen and oxygen atoms in total. The van der Waals surface area contributed by atoms with Crippen LogP contribution in [0.2, 0.25) is 0 Å². The van der Waals surface area contributed by atoms with E-state index in [9.17, 15) is 27.5 Å². The van der Waals surface area contributed by atoms with Crippen molar-refractivity contribution in [3.63, 3.8) is 0 Å². The van der Waals surface area contributed by atoms with E-state index in [1.807, 2.05) is 0 Å². The molecule has 2 aliphatic heterocycles. The largest absolute Gasteiger partial charge is 0.483 e. The van der Waals surface area contributed by atoms with Crippen LogP contribution in [0.4, 0.5) is 17.6 Å². The lowest BCUT2D eigenvalue weighted by Crippen LogP contribution is -2.44. The molecular formula is C31H31F4N5O5. The predicted molar refractivity (Wildman–Crippen MR) is 152 cm³/mol. The summed E-state index contributed by atoms with van der Waals surface area (Å²) in [7, 11) is 0. The number of hydrogen-bond acceptors (Lipinski definition) is 8. The Labute approximate surface area is 255 Å². The highest BCUT2D eigenvalue weighted by atomic mass is 19.4. The second-order valence-corrected chi connectivity index (χ2v) is 11.3. The number of carbonyl (C=O) groups is 1. The first-order valence-corrected chi connectivity index (χ1v) is 14.6. The van der Waals surface area contributed by atoms with Gasteiger partial charge in [0.1, 0.15) is 18.5 Å². The molecule has 0 amide bonds. The number of nitrogens with zero attached hydrogens (tertiary/aromatic N) is 5. The number of piperidine rings is 1. The van der Waals surface area contributed by atoms with Gasteiger partial charge in [0.2, 0.25) is 5.88 Å². The molecule has 0 radical (unpaired) electrons. The van der Waals surface area contributed by atoms with Crippen molar-refractivity contribution in [2.24, 2.45) is 0 Å². The summed E-state index contributed by atoms with van der Waals surface area (Å²) in [6.45, 7) is 4.48. The van der Waals surface area contributed by atoms with Crippen LogP contribution in [0.25, 0.3) is 11.0 Å². The van der Waals surface area contributed by atoms with Gasteiger partial charge in [-0.1, -0.05) is 0 Å². The topological polar surface area (TPSA) is 112 Å². The van der Waals surface area contributed by atoms with E-state index in [0.29, 0.717) is 37.9 Å². The van der Waals surface area contributed by atoms with E-state index in [0.717, 1.165) is 48.6 Å². The number of rotatable bonds is 10. The van der Waals surface area contributed by atoms with Crippen LogP contribution >= 0.6 is 0 Å². The lowest BCUT2D eigenvalue weighted by atomic mass is 10.0. The Morgan fingerprint density at radius 1 is 1.13 bits per heavy atom. The average Bonchev–Trinajstić information content (AvgIpc) is 3.31. The summed E-state index contributed by atoms with van der Waals surface area (Å²) in [5, 5.41) is 9.50. The number of aromatic nitrogens is 4. The molecule has 6 rings (SSSR count). The van der Waals surface area contributed by atoms with Gasteiger partial charge in [-0.3, -0.25) is 4.90 Å². The normalized spacial score (nSPS) is 20.6. The van der Waals surface area contributed by atoms with Gasteiger partial charge in [0.25, 0.3) is 0 Å². The van der Waals surface area contributed by atoms with Crippen molar-refractivity contribution in [1.82, 2.24) is 24.4 Å². The first-order valence-electron chi connectivity index (χ1n) is 14.6. The third kappa shape index (κ3) is 7.01. The predicted octanol–water partition coefficient (Wildman–Crippen LogP) is 5.48. The standard InChI is InChI=1S/C31H31F4N5O5/c1-18-12-21(45-29-6-9-36-27(38-29)17-44-26-5-3-20(14-23(26)32)31(33,34)35)7-10-39(18)16-28-37-24-4-2-19(30(41)42)13-25(24)40(28)15-22-8-11-43-22/h2-6,9,13-14,18,21-22H,7-8,10-12,15-17H2,1H3,(H,41,42)/t18-,21-,22-/m0/s1. The van der Waals surface area contributed by atoms with E-state index in [1.165, 1.54) is 6.20 Å². The molecule has 0 spiro atoms. The smallest absolute Gasteiger partial charge is 0.416 e. The van der Waals surface area contributed by atoms with Crippen LogP contribution in [-0.2, 0) is 30.6 Å². The zero-order chi connectivity index (χ0) is 31.7. The molecule has 3 atom stereocenters. The maximum atomic E-state index is 14.1. The van der Waals surface area contributed by atoms with Crippen molar-refractivity contribution in [2.75, 3.05) is 13.2 Å². The molecule has 45 heavy (non-hydrogen) atoms. The van der Waals surface area contributed by atoms with Crippen molar-refractivity contribution in [3.8, 4) is 11.6 Å². The summed E-state index contributed by atoms with van der Waals surface area (Å²) < 4.78 is 71.8. The molecule has 0 bridgehead atoms. The van der Waals surface area contributed by atoms with Gasteiger partial charge in [0, 0.05) is 31.5 Å². The number of carboxylic acid groups (broad SMARTS) is 1. The van der Waals surface area contributed by atoms with Gasteiger partial charge in [0.15, 0.2) is 17.4 Å². The van der Waals surface area contributed by atoms with Crippen molar-refractivity contribution >= 4 is 17.0 Å². The first-order chi connectivity index (χ1) is 21.5. The maximum absolute atomic E-state index is 14.1. The highest BCUT2D eigenvalue weighted by Crippen LogP contribution is 2.32. The molecule has 0 saturated carbocycles. The number of imidazole rings is 1. The number of ether oxygens (including phenoxy) is 3. The highest BCUT2D eigenvalue weighted by Gasteiger charge is 2.32. The Morgan fingerprint density at radius 2 is 1.96 bits per heavy atom. The maximum Gasteiger partial charge on any atom is 0.416 e. The molecule has 2 fully saturated rings. The van der Waals surface area contributed by atoms with Crippen molar-refractivity contribution in [2.45, 2.75) is 70.3 Å². The molecule has 2 saturated heterocycles. The van der Waals surface area contributed by atoms with Gasteiger partial charge in [-0.15, -0.1) is 0 Å². The second kappa shape index (κ2) is 12.6. The summed E-state index contributed by atoms with van der Waals surface area (Å²) in [6, 6.07) is 8.78. The quantitative estimate of drug-likeness (QED) is 0.228. The van der Waals surface area contributed by atoms with E-state index in [2.05, 4.69) is 26.4 Å². The number of hydrogen-bond donors (Lipinski definition) is 1. The first kappa shape index (κ1) is 30.7. The van der Waals surface area contributed by atoms with Crippen LogP contribution in [0.3, 0.4) is 0 Å². The summed E-state index contributed by atoms with van der Waals surface area (Å²) in [6.07, 6.45) is -0.865. The second-order valence-electron chi connectivity index (χ2n) is 11.3. The van der Waals surface area contributed by atoms with Gasteiger partial charge >= 0.3 is 12.1 Å². The SMILES string of the molecule is C[C@H]1C[C@@H](Oc2ccnc(COc3ccc(C(F)(F)F)cc3F)n2)CCN1Cc1nc2ccc(C(=O)O)cc2n1C[C@@H]1CCO1. The lowest BCUT2D eigenvalue weighted by Gasteiger charge is -2.37. The number of fused-ring (bicyclic) bond motifs is 1. The van der Waals surface area contributed by atoms with E-state index >= 15 is 0 Å². The molecular weight excluding hydrogens is 598 g/mol. The minimum atomic E-state index is -4.66. The van der Waals surface area contributed by atoms with Gasteiger partial charge in [-0.25, -0.2) is 19.2 Å². The molecule has 0 aliphatic carbocycles. The van der Waals surface area contributed by atoms with Crippen LogP contribution in [0.1, 0.15) is 53.8 Å². The molecule has 0 unspecified atom stereocenters. The Kier molecular flexibility index (Phi) is 8.60. The summed E-state index contributed by atoms with van der Waals surface area (Å²) in [5.41, 5.74) is 0.624. The van der Waals surface area contributed by atoms with Crippen LogP contribution < -0.4 is 9.47 Å². The summed E-state index contributed by atoms with van der Waals surface area (Å²) in [5.74, 6) is -1.10. The number of likely N-dealkylation sites (tertiary alicyclic amines) is 1. The molecule has 2 aliphatic rings. The molecule has 1 N–H and O–H groups in total. The van der Waals surface area contributed by atoms with Crippen LogP contribution in [0, 0.1) is 5.82 Å². The third-order valence-corrected chi connectivity index (χ3v) is 8.15. The minimum absolute atomic E-state index is 0.0725. The molecule has 2 aromatic carbocycles. The van der Waals surface area contributed by atoms with Crippen LogP contribution in [0.5, 0.6) is 11.6 Å². The summed E-state index contributed by atoms with van der Waals surface area (Å²) in [4.78, 5) is 27.2. The highest BCUT2D eigenvalue weighted by molar-refractivity contribution is 5.92. The molecule has 238 valence electrons. The monoisotopic (exact) mass is 629 g/mol. The van der Waals surface area contributed by atoms with E-state index in [4.69, 9.17) is 19.2 Å². The van der Waals surface area contributed by atoms with Crippen LogP contribution in [-0.4, -0.2) is 66.9 Å². The number of benzene rings is 2. The average molecular weight is 630 g/mol. The van der Waals surface area contributed by atoms with Crippen molar-refractivity contribution in [3.05, 3.63) is 77.3 Å². The molecule has 4 aromatic rings. The fraction of sp³-hybridized carbons (Fsp3) is 0.419. The third-order valence-electron chi connectivity index (χ3n) is 8.15. The Morgan fingerprint density at radius 3 is 2.64 bits per heavy atom. The molecule has 2 aromatic heterocycles. The number of aromatic carboxylic acids is 1. The minimum Gasteiger partial charge on any atom is -0.483 e. The number of alkyl halides is 3. The van der Waals surface area contributed by atoms with Crippen molar-refractivity contribution < 1.29 is 41.7 Å². The van der Waals surface area contributed by atoms with Crippen LogP contribution in [0.15, 0.2) is 48.7 Å². The van der Waals surface area contributed by atoms with Gasteiger partial charge in [-0.05, 0) is 62.6 Å². The number of carboxylic acids is 1. The zero-order valence-corrected chi connectivity index (χ0v) is 24.3. The Balaban J connectivity index is 1.07. The van der Waals surface area contributed by atoms with Gasteiger partial charge in [0.05, 0.1) is 41.4 Å². The van der Waals surface area contributed by atoms with E-state index < -0.39 is 23.5 Å². The fourth-order valence-electron chi connectivity index (χ4n) is 5.59. The molecule has 14 heteroatoms. The zero-order valence-electron chi connectivity index (χ0n) is 24.3.